The van der Waals surface area contributed by atoms with E-state index in [0.29, 0.717) is 38.0 Å². The first-order valence-electron chi connectivity index (χ1n) is 11.2. The second-order valence-electron chi connectivity index (χ2n) is 7.83. The minimum atomic E-state index is -1.22. The van der Waals surface area contributed by atoms with Crippen molar-refractivity contribution < 1.29 is 24.3 Å². The number of aliphatic imine (C=N–C) groups is 1. The highest BCUT2D eigenvalue weighted by Crippen LogP contribution is 2.07. The van der Waals surface area contributed by atoms with E-state index in [1.807, 2.05) is 6.26 Å². The van der Waals surface area contributed by atoms with Gasteiger partial charge in [0, 0.05) is 6.54 Å². The monoisotopic (exact) mass is 504 g/mol. The van der Waals surface area contributed by atoms with Crippen LogP contribution in [0, 0.1) is 0 Å². The molecule has 34 heavy (non-hydrogen) atoms. The summed E-state index contributed by atoms with van der Waals surface area (Å²) < 4.78 is 0. The van der Waals surface area contributed by atoms with Gasteiger partial charge in [0.1, 0.15) is 18.1 Å². The lowest BCUT2D eigenvalue weighted by Gasteiger charge is -2.25. The number of carboxylic acid groups (broad SMARTS) is 1. The van der Waals surface area contributed by atoms with Crippen molar-refractivity contribution in [3.63, 3.8) is 0 Å². The summed E-state index contributed by atoms with van der Waals surface area (Å²) in [6, 6.07) is -3.86. The molecule has 13 nitrogen and oxygen atoms in total. The molecule has 0 spiro atoms. The molecule has 0 aromatic rings. The summed E-state index contributed by atoms with van der Waals surface area (Å²) in [4.78, 5) is 53.2. The summed E-state index contributed by atoms with van der Waals surface area (Å²) in [5, 5.41) is 17.2. The molecule has 0 aliphatic rings. The number of rotatable bonds is 18. The van der Waals surface area contributed by atoms with E-state index >= 15 is 0 Å². The maximum atomic E-state index is 12.9. The third-order valence-electron chi connectivity index (χ3n) is 4.80. The number of carbonyl (C=O) groups excluding carboxylic acids is 3. The second kappa shape index (κ2) is 17.8. The van der Waals surface area contributed by atoms with Crippen molar-refractivity contribution in [3.05, 3.63) is 0 Å². The summed E-state index contributed by atoms with van der Waals surface area (Å²) in [5.74, 6) is -2.40. The molecule has 4 atom stereocenters. The molecule has 14 heteroatoms. The standard InChI is InChI=1S/C20H40N8O5S/c1-12(22)16(29)26-14(8-11-34-2)18(31)27-13(6-3-4-9-21)17(30)28-15(19(32)33)7-5-10-25-20(23)24/h12-15H,3-11,21-22H2,1-2H3,(H,26,29)(H,27,31)(H,28,30)(H,32,33)(H4,23,24,25). The molecule has 0 aromatic carbocycles. The molecule has 0 aliphatic carbocycles. The van der Waals surface area contributed by atoms with Gasteiger partial charge in [-0.05, 0) is 64.0 Å². The first-order chi connectivity index (χ1) is 16.0. The molecule has 0 rings (SSSR count). The molecule has 196 valence electrons. The van der Waals surface area contributed by atoms with Gasteiger partial charge in [-0.3, -0.25) is 19.4 Å². The molecule has 3 amide bonds. The Morgan fingerprint density at radius 1 is 0.882 bits per heavy atom. The fourth-order valence-corrected chi connectivity index (χ4v) is 3.35. The van der Waals surface area contributed by atoms with Crippen LogP contribution in [-0.4, -0.2) is 84.0 Å². The number of unbranched alkanes of at least 4 members (excludes halogenated alkanes) is 1. The van der Waals surface area contributed by atoms with Crippen molar-refractivity contribution in [2.45, 2.75) is 69.6 Å². The lowest BCUT2D eigenvalue weighted by molar-refractivity contribution is -0.142. The molecule has 0 heterocycles. The Morgan fingerprint density at radius 3 is 1.91 bits per heavy atom. The number of thioether (sulfide) groups is 1. The maximum absolute atomic E-state index is 12.9. The molecular weight excluding hydrogens is 464 g/mol. The van der Waals surface area contributed by atoms with Crippen LogP contribution in [0.5, 0.6) is 0 Å². The smallest absolute Gasteiger partial charge is 0.326 e. The lowest BCUT2D eigenvalue weighted by Crippen LogP contribution is -2.57. The van der Waals surface area contributed by atoms with E-state index in [4.69, 9.17) is 22.9 Å². The quantitative estimate of drug-likeness (QED) is 0.0569. The number of hydrogen-bond donors (Lipinski definition) is 8. The third kappa shape index (κ3) is 13.9. The minimum absolute atomic E-state index is 0.0993. The molecule has 0 aliphatic heterocycles. The topological polar surface area (TPSA) is 241 Å². The van der Waals surface area contributed by atoms with Crippen molar-refractivity contribution in [1.82, 2.24) is 16.0 Å². The van der Waals surface area contributed by atoms with Gasteiger partial charge in [-0.15, -0.1) is 0 Å². The van der Waals surface area contributed by atoms with E-state index in [2.05, 4.69) is 20.9 Å². The molecule has 0 aromatic heterocycles. The number of carboxylic acids is 1. The average Bonchev–Trinajstić information content (AvgIpc) is 2.77. The van der Waals surface area contributed by atoms with Gasteiger partial charge in [0.2, 0.25) is 17.7 Å². The van der Waals surface area contributed by atoms with Crippen LogP contribution in [-0.2, 0) is 19.2 Å². The van der Waals surface area contributed by atoms with Crippen LogP contribution >= 0.6 is 11.8 Å². The number of nitrogens with two attached hydrogens (primary N) is 4. The van der Waals surface area contributed by atoms with Crippen molar-refractivity contribution in [3.8, 4) is 0 Å². The number of amides is 3. The van der Waals surface area contributed by atoms with Gasteiger partial charge in [0.15, 0.2) is 5.96 Å². The molecule has 0 fully saturated rings. The number of nitrogens with one attached hydrogen (secondary N) is 3. The zero-order valence-electron chi connectivity index (χ0n) is 19.9. The normalized spacial score (nSPS) is 14.2. The number of carbonyl (C=O) groups is 4. The number of hydrogen-bond acceptors (Lipinski definition) is 8. The van der Waals surface area contributed by atoms with Crippen LogP contribution in [0.15, 0.2) is 4.99 Å². The van der Waals surface area contributed by atoms with Crippen LogP contribution in [0.4, 0.5) is 0 Å². The van der Waals surface area contributed by atoms with Crippen LogP contribution in [0.2, 0.25) is 0 Å². The van der Waals surface area contributed by atoms with Crippen LogP contribution in [0.3, 0.4) is 0 Å². The van der Waals surface area contributed by atoms with E-state index in [0.717, 1.165) is 0 Å². The number of guanidine groups is 1. The Morgan fingerprint density at radius 2 is 1.41 bits per heavy atom. The zero-order valence-corrected chi connectivity index (χ0v) is 20.7. The Labute approximate surface area is 204 Å². The van der Waals surface area contributed by atoms with Crippen LogP contribution in [0.25, 0.3) is 0 Å². The predicted octanol–water partition coefficient (Wildman–Crippen LogP) is -2.19. The van der Waals surface area contributed by atoms with Crippen molar-refractivity contribution in [2.75, 3.05) is 25.1 Å². The Balaban J connectivity index is 5.35. The molecule has 0 radical (unpaired) electrons. The highest BCUT2D eigenvalue weighted by atomic mass is 32.2. The van der Waals surface area contributed by atoms with Gasteiger partial charge in [-0.1, -0.05) is 0 Å². The summed E-state index contributed by atoms with van der Waals surface area (Å²) in [6.45, 7) is 2.13. The summed E-state index contributed by atoms with van der Waals surface area (Å²) in [6.07, 6.45) is 4.06. The minimum Gasteiger partial charge on any atom is -0.480 e. The van der Waals surface area contributed by atoms with Gasteiger partial charge >= 0.3 is 5.97 Å². The van der Waals surface area contributed by atoms with Crippen molar-refractivity contribution in [2.24, 2.45) is 27.9 Å². The Hall–Kier alpha value is -2.58. The Kier molecular flexibility index (Phi) is 16.5. The van der Waals surface area contributed by atoms with E-state index < -0.39 is 47.9 Å². The molecule has 0 saturated carbocycles. The largest absolute Gasteiger partial charge is 0.480 e. The van der Waals surface area contributed by atoms with Crippen molar-refractivity contribution >= 4 is 41.4 Å². The predicted molar refractivity (Wildman–Crippen MR) is 133 cm³/mol. The van der Waals surface area contributed by atoms with Gasteiger partial charge in [0.25, 0.3) is 0 Å². The maximum Gasteiger partial charge on any atom is 0.326 e. The van der Waals surface area contributed by atoms with Gasteiger partial charge in [0.05, 0.1) is 6.04 Å². The Bertz CT molecular complexity index is 688. The van der Waals surface area contributed by atoms with E-state index in [-0.39, 0.29) is 25.3 Å². The van der Waals surface area contributed by atoms with E-state index in [1.54, 1.807) is 0 Å². The van der Waals surface area contributed by atoms with Crippen molar-refractivity contribution in [1.29, 1.82) is 0 Å². The fourth-order valence-electron chi connectivity index (χ4n) is 2.87. The zero-order chi connectivity index (χ0) is 26.1. The first-order valence-corrected chi connectivity index (χ1v) is 12.6. The molecule has 12 N–H and O–H groups in total. The SMILES string of the molecule is CSCCC(NC(=O)C(C)N)C(=O)NC(CCCCN)C(=O)NC(CCCN=C(N)N)C(=O)O. The summed E-state index contributed by atoms with van der Waals surface area (Å²) in [5.41, 5.74) is 21.6. The molecular formula is C20H40N8O5S. The van der Waals surface area contributed by atoms with Gasteiger partial charge in [-0.25, -0.2) is 4.79 Å². The average molecular weight is 505 g/mol. The van der Waals surface area contributed by atoms with Gasteiger partial charge < -0.3 is 44.0 Å². The molecule has 4 unspecified atom stereocenters. The molecule has 0 saturated heterocycles. The van der Waals surface area contributed by atoms with Gasteiger partial charge in [-0.2, -0.15) is 11.8 Å². The van der Waals surface area contributed by atoms with Crippen LogP contribution < -0.4 is 38.9 Å². The summed E-state index contributed by atoms with van der Waals surface area (Å²) >= 11 is 1.50. The molecule has 0 bridgehead atoms. The van der Waals surface area contributed by atoms with E-state index in [9.17, 15) is 24.3 Å². The lowest BCUT2D eigenvalue weighted by atomic mass is 10.1. The second-order valence-corrected chi connectivity index (χ2v) is 8.81. The third-order valence-corrected chi connectivity index (χ3v) is 5.44. The highest BCUT2D eigenvalue weighted by molar-refractivity contribution is 7.98. The number of aliphatic carboxylic acids is 1. The first kappa shape index (κ1) is 31.4. The summed E-state index contributed by atoms with van der Waals surface area (Å²) in [7, 11) is 0. The highest BCUT2D eigenvalue weighted by Gasteiger charge is 2.29. The van der Waals surface area contributed by atoms with Crippen LogP contribution in [0.1, 0.15) is 45.4 Å². The number of nitrogens with zero attached hydrogens (tertiary/aromatic N) is 1. The fraction of sp³-hybridized carbons (Fsp3) is 0.750. The van der Waals surface area contributed by atoms with E-state index in [1.165, 1.54) is 18.7 Å².